The summed E-state index contributed by atoms with van der Waals surface area (Å²) in [6.07, 6.45) is -10.2. The predicted molar refractivity (Wildman–Crippen MR) is 46.0 cm³/mol. The molecule has 0 bridgehead atoms. The summed E-state index contributed by atoms with van der Waals surface area (Å²) in [7, 11) is 0. The van der Waals surface area contributed by atoms with Crippen LogP contribution < -0.4 is 0 Å². The molecule has 0 saturated carbocycles. The minimum atomic E-state index is -5.18. The zero-order chi connectivity index (χ0) is 14.1. The maximum atomic E-state index is 12.8. The third-order valence-electron chi connectivity index (χ3n) is 1.98. The standard InChI is InChI=1S/C9H4F7NO/c10-6-2-4(7(17-18)9(14,15)16)1-5(3-6)8(11,12)13/h1-3,7H. The van der Waals surface area contributed by atoms with Crippen molar-refractivity contribution < 1.29 is 30.7 Å². The summed E-state index contributed by atoms with van der Waals surface area (Å²) in [6, 6.07) is -2.77. The lowest BCUT2D eigenvalue weighted by atomic mass is 10.0. The highest BCUT2D eigenvalue weighted by molar-refractivity contribution is 5.30. The first-order chi connectivity index (χ1) is 8.05. The summed E-state index contributed by atoms with van der Waals surface area (Å²) in [4.78, 5) is 10.1. The van der Waals surface area contributed by atoms with Crippen molar-refractivity contribution in [3.05, 3.63) is 40.1 Å². The fraction of sp³-hybridized carbons (Fsp3) is 0.333. The van der Waals surface area contributed by atoms with Crippen LogP contribution in [0.25, 0.3) is 0 Å². The van der Waals surface area contributed by atoms with Crippen molar-refractivity contribution in [1.82, 2.24) is 0 Å². The fourth-order valence-electron chi connectivity index (χ4n) is 1.24. The van der Waals surface area contributed by atoms with Gasteiger partial charge in [0.25, 0.3) is 0 Å². The maximum absolute atomic E-state index is 12.8. The molecule has 0 aliphatic heterocycles. The number of alkyl halides is 6. The Morgan fingerprint density at radius 1 is 1.00 bits per heavy atom. The molecule has 0 spiro atoms. The molecule has 100 valence electrons. The van der Waals surface area contributed by atoms with Crippen molar-refractivity contribution in [2.75, 3.05) is 0 Å². The van der Waals surface area contributed by atoms with E-state index in [4.69, 9.17) is 0 Å². The largest absolute Gasteiger partial charge is 0.418 e. The van der Waals surface area contributed by atoms with E-state index in [0.717, 1.165) is 0 Å². The van der Waals surface area contributed by atoms with Crippen molar-refractivity contribution >= 4 is 0 Å². The summed E-state index contributed by atoms with van der Waals surface area (Å²) in [5.74, 6) is -1.53. The normalized spacial score (nSPS) is 14.4. The zero-order valence-corrected chi connectivity index (χ0v) is 8.31. The maximum Gasteiger partial charge on any atom is 0.418 e. The minimum absolute atomic E-state index is 0.0295. The molecule has 1 aromatic carbocycles. The van der Waals surface area contributed by atoms with Crippen molar-refractivity contribution in [3.63, 3.8) is 0 Å². The van der Waals surface area contributed by atoms with Gasteiger partial charge in [-0.15, -0.1) is 4.91 Å². The van der Waals surface area contributed by atoms with Gasteiger partial charge in [-0.25, -0.2) is 4.39 Å². The van der Waals surface area contributed by atoms with Crippen molar-refractivity contribution in [2.45, 2.75) is 18.4 Å². The van der Waals surface area contributed by atoms with Crippen LogP contribution in [0.5, 0.6) is 0 Å². The van der Waals surface area contributed by atoms with Gasteiger partial charge in [-0.05, 0) is 23.8 Å². The molecule has 0 saturated heterocycles. The smallest absolute Gasteiger partial charge is 0.207 e. The van der Waals surface area contributed by atoms with Crippen molar-refractivity contribution in [2.24, 2.45) is 5.18 Å². The second kappa shape index (κ2) is 4.54. The molecule has 0 amide bonds. The Morgan fingerprint density at radius 3 is 1.94 bits per heavy atom. The quantitative estimate of drug-likeness (QED) is 0.587. The Balaban J connectivity index is 3.33. The molecule has 2 nitrogen and oxygen atoms in total. The molecule has 1 rings (SSSR count). The number of halogens is 7. The van der Waals surface area contributed by atoms with Gasteiger partial charge in [-0.1, -0.05) is 5.18 Å². The molecule has 9 heteroatoms. The van der Waals surface area contributed by atoms with E-state index >= 15 is 0 Å². The van der Waals surface area contributed by atoms with E-state index < -0.39 is 35.3 Å². The summed E-state index contributed by atoms with van der Waals surface area (Å²) in [5.41, 5.74) is -2.81. The van der Waals surface area contributed by atoms with Gasteiger partial charge in [-0.2, -0.15) is 26.3 Å². The Morgan fingerprint density at radius 2 is 1.56 bits per heavy atom. The molecule has 0 aromatic heterocycles. The average Bonchev–Trinajstić information content (AvgIpc) is 2.13. The van der Waals surface area contributed by atoms with Crippen LogP contribution in [0.4, 0.5) is 30.7 Å². The molecule has 1 unspecified atom stereocenters. The van der Waals surface area contributed by atoms with Crippen LogP contribution in [-0.4, -0.2) is 6.18 Å². The van der Waals surface area contributed by atoms with E-state index in [-0.39, 0.29) is 18.2 Å². The minimum Gasteiger partial charge on any atom is -0.207 e. The Bertz CT molecular complexity index is 451. The molecule has 0 aliphatic carbocycles. The number of nitroso groups, excluding NO2 is 1. The highest BCUT2D eigenvalue weighted by atomic mass is 19.4. The third-order valence-corrected chi connectivity index (χ3v) is 1.98. The van der Waals surface area contributed by atoms with Crippen LogP contribution in [0.15, 0.2) is 23.4 Å². The molecule has 0 fully saturated rings. The van der Waals surface area contributed by atoms with E-state index in [2.05, 4.69) is 0 Å². The van der Waals surface area contributed by atoms with Crippen LogP contribution >= 0.6 is 0 Å². The summed E-state index contributed by atoms with van der Waals surface area (Å²) in [5, 5.41) is 1.68. The van der Waals surface area contributed by atoms with E-state index in [9.17, 15) is 35.6 Å². The van der Waals surface area contributed by atoms with Crippen LogP contribution in [0.1, 0.15) is 17.2 Å². The number of hydrogen-bond acceptors (Lipinski definition) is 2. The second-order valence-corrected chi connectivity index (χ2v) is 3.32. The van der Waals surface area contributed by atoms with Crippen molar-refractivity contribution in [1.29, 1.82) is 0 Å². The van der Waals surface area contributed by atoms with Gasteiger partial charge in [0.2, 0.25) is 6.04 Å². The second-order valence-electron chi connectivity index (χ2n) is 3.32. The summed E-state index contributed by atoms with van der Waals surface area (Å²) >= 11 is 0. The van der Waals surface area contributed by atoms with E-state index in [0.29, 0.717) is 0 Å². The lowest BCUT2D eigenvalue weighted by molar-refractivity contribution is -0.150. The average molecular weight is 275 g/mol. The molecular weight excluding hydrogens is 271 g/mol. The molecule has 0 aliphatic rings. The van der Waals surface area contributed by atoms with E-state index in [1.807, 2.05) is 0 Å². The van der Waals surface area contributed by atoms with Crippen LogP contribution in [-0.2, 0) is 6.18 Å². The molecule has 1 aromatic rings. The van der Waals surface area contributed by atoms with Gasteiger partial charge in [0, 0.05) is 0 Å². The number of rotatable bonds is 2. The van der Waals surface area contributed by atoms with Gasteiger partial charge in [0.05, 0.1) is 5.56 Å². The number of benzene rings is 1. The molecular formula is C9H4F7NO. The van der Waals surface area contributed by atoms with Gasteiger partial charge in [-0.3, -0.25) is 0 Å². The molecule has 0 radical (unpaired) electrons. The molecule has 1 atom stereocenters. The third kappa shape index (κ3) is 3.17. The van der Waals surface area contributed by atoms with Gasteiger partial charge in [0.15, 0.2) is 0 Å². The first-order valence-electron chi connectivity index (χ1n) is 4.32. The summed E-state index contributed by atoms with van der Waals surface area (Å²) in [6.45, 7) is 0. The highest BCUT2D eigenvalue weighted by Crippen LogP contribution is 2.38. The van der Waals surface area contributed by atoms with Gasteiger partial charge < -0.3 is 0 Å². The SMILES string of the molecule is O=NC(c1cc(F)cc(C(F)(F)F)c1)C(F)(F)F. The molecule has 0 N–H and O–H groups in total. The fourth-order valence-corrected chi connectivity index (χ4v) is 1.24. The van der Waals surface area contributed by atoms with Crippen molar-refractivity contribution in [3.8, 4) is 0 Å². The van der Waals surface area contributed by atoms with E-state index in [1.165, 1.54) is 0 Å². The Hall–Kier alpha value is -1.67. The van der Waals surface area contributed by atoms with Crippen LogP contribution in [0, 0.1) is 10.7 Å². The first-order valence-corrected chi connectivity index (χ1v) is 4.32. The lowest BCUT2D eigenvalue weighted by Gasteiger charge is -2.15. The van der Waals surface area contributed by atoms with Crippen LogP contribution in [0.2, 0.25) is 0 Å². The molecule has 18 heavy (non-hydrogen) atoms. The monoisotopic (exact) mass is 275 g/mol. The molecule has 0 heterocycles. The van der Waals surface area contributed by atoms with E-state index in [1.54, 1.807) is 5.18 Å². The van der Waals surface area contributed by atoms with Crippen LogP contribution in [0.3, 0.4) is 0 Å². The zero-order valence-electron chi connectivity index (χ0n) is 8.31. The lowest BCUT2D eigenvalue weighted by Crippen LogP contribution is -2.19. The first kappa shape index (κ1) is 14.4. The Kier molecular flexibility index (Phi) is 3.63. The topological polar surface area (TPSA) is 29.4 Å². The number of nitrogens with zero attached hydrogens (tertiary/aromatic N) is 1. The Labute approximate surface area is 95.4 Å². The van der Waals surface area contributed by atoms with Gasteiger partial charge in [0.1, 0.15) is 5.82 Å². The van der Waals surface area contributed by atoms with Gasteiger partial charge >= 0.3 is 12.4 Å². The predicted octanol–water partition coefficient (Wildman–Crippen LogP) is 4.21. The summed E-state index contributed by atoms with van der Waals surface area (Å²) < 4.78 is 86.4. The highest BCUT2D eigenvalue weighted by Gasteiger charge is 2.43. The number of hydrogen-bond donors (Lipinski definition) is 0.